The minimum atomic E-state index is 0.122. The first-order valence-electron chi connectivity index (χ1n) is 7.43. The van der Waals surface area contributed by atoms with E-state index >= 15 is 0 Å². The molecule has 2 aromatic rings. The van der Waals surface area contributed by atoms with E-state index in [0.29, 0.717) is 10.8 Å². The van der Waals surface area contributed by atoms with Gasteiger partial charge in [-0.2, -0.15) is 4.73 Å². The third kappa shape index (κ3) is 3.42. The first-order valence-corrected chi connectivity index (χ1v) is 8.42. The molecule has 0 aliphatic carbocycles. The Morgan fingerprint density at radius 3 is 2.55 bits per heavy atom. The van der Waals surface area contributed by atoms with Gasteiger partial charge < -0.3 is 10.1 Å². The lowest BCUT2D eigenvalue weighted by Crippen LogP contribution is -2.27. The van der Waals surface area contributed by atoms with Crippen LogP contribution < -0.4 is 4.73 Å². The molecule has 0 atom stereocenters. The van der Waals surface area contributed by atoms with Crippen LogP contribution >= 0.6 is 11.8 Å². The molecule has 22 heavy (non-hydrogen) atoms. The zero-order valence-corrected chi connectivity index (χ0v) is 13.1. The van der Waals surface area contributed by atoms with Crippen molar-refractivity contribution in [1.82, 2.24) is 4.90 Å². The highest BCUT2D eigenvalue weighted by Gasteiger charge is 2.19. The smallest absolute Gasteiger partial charge is 0.253 e. The van der Waals surface area contributed by atoms with Gasteiger partial charge >= 0.3 is 0 Å². The normalized spacial score (nSPS) is 14.3. The second kappa shape index (κ2) is 6.83. The summed E-state index contributed by atoms with van der Waals surface area (Å²) in [6.45, 7) is 1.74. The van der Waals surface area contributed by atoms with E-state index in [2.05, 4.69) is 0 Å². The summed E-state index contributed by atoms with van der Waals surface area (Å²) in [5.41, 5.74) is 1.85. The van der Waals surface area contributed by atoms with Crippen LogP contribution in [-0.4, -0.2) is 23.9 Å². The van der Waals surface area contributed by atoms with Crippen LogP contribution in [0.1, 0.15) is 28.8 Å². The molecular weight excluding hydrogens is 296 g/mol. The van der Waals surface area contributed by atoms with E-state index in [-0.39, 0.29) is 5.91 Å². The molecule has 0 radical (unpaired) electrons. The summed E-state index contributed by atoms with van der Waals surface area (Å²) in [6, 6.07) is 13.1. The number of amides is 1. The highest BCUT2D eigenvalue weighted by Crippen LogP contribution is 2.20. The van der Waals surface area contributed by atoms with Gasteiger partial charge in [0.15, 0.2) is 6.20 Å². The highest BCUT2D eigenvalue weighted by atomic mass is 32.2. The van der Waals surface area contributed by atoms with E-state index in [1.54, 1.807) is 6.07 Å². The number of hydrogen-bond donors (Lipinski definition) is 0. The van der Waals surface area contributed by atoms with E-state index < -0.39 is 0 Å². The number of nitrogens with zero attached hydrogens (tertiary/aromatic N) is 2. The molecule has 1 aliphatic heterocycles. The van der Waals surface area contributed by atoms with Crippen LogP contribution in [0.25, 0.3) is 0 Å². The summed E-state index contributed by atoms with van der Waals surface area (Å²) in [5.74, 6) is 0.835. The number of thioether (sulfide) groups is 1. The van der Waals surface area contributed by atoms with Gasteiger partial charge in [0.05, 0.1) is 0 Å². The quantitative estimate of drug-likeness (QED) is 0.495. The van der Waals surface area contributed by atoms with Crippen LogP contribution in [0.5, 0.6) is 0 Å². The fourth-order valence-corrected chi connectivity index (χ4v) is 3.40. The van der Waals surface area contributed by atoms with Gasteiger partial charge in [0, 0.05) is 36.5 Å². The Morgan fingerprint density at radius 2 is 1.86 bits per heavy atom. The van der Waals surface area contributed by atoms with E-state index in [9.17, 15) is 10.0 Å². The van der Waals surface area contributed by atoms with Crippen molar-refractivity contribution in [2.24, 2.45) is 0 Å². The number of carbonyl (C=O) groups is 1. The maximum Gasteiger partial charge on any atom is 0.253 e. The van der Waals surface area contributed by atoms with Crippen molar-refractivity contribution in [2.75, 3.05) is 13.1 Å². The topological polar surface area (TPSA) is 47.2 Å². The van der Waals surface area contributed by atoms with Gasteiger partial charge in [0.2, 0.25) is 0 Å². The Hall–Kier alpha value is -2.01. The van der Waals surface area contributed by atoms with Crippen LogP contribution in [-0.2, 0) is 5.75 Å². The molecule has 5 heteroatoms. The summed E-state index contributed by atoms with van der Waals surface area (Å²) < 4.78 is 0.871. The van der Waals surface area contributed by atoms with Crippen LogP contribution in [0, 0.1) is 5.21 Å². The molecule has 1 aliphatic rings. The molecule has 2 heterocycles. The predicted molar refractivity (Wildman–Crippen MR) is 86.5 cm³/mol. The summed E-state index contributed by atoms with van der Waals surface area (Å²) >= 11 is 1.49. The average Bonchev–Trinajstić information content (AvgIpc) is 3.08. The number of benzene rings is 1. The van der Waals surface area contributed by atoms with Crippen molar-refractivity contribution in [2.45, 2.75) is 23.6 Å². The highest BCUT2D eigenvalue weighted by molar-refractivity contribution is 7.98. The van der Waals surface area contributed by atoms with Gasteiger partial charge in [0.1, 0.15) is 0 Å². The Bertz CT molecular complexity index is 652. The molecule has 1 saturated heterocycles. The fourth-order valence-electron chi connectivity index (χ4n) is 2.53. The number of likely N-dealkylation sites (tertiary alicyclic amines) is 1. The van der Waals surface area contributed by atoms with E-state index in [0.717, 1.165) is 41.8 Å². The standard InChI is InChI=1S/C17H18N2O2S/c20-17(18-10-3-4-11-18)15-8-6-14(7-9-15)13-22-16-5-1-2-12-19(16)21/h1-2,5-9,12H,3-4,10-11,13H2. The first-order chi connectivity index (χ1) is 10.7. The van der Waals surface area contributed by atoms with Gasteiger partial charge in [-0.15, -0.1) is 0 Å². The molecule has 1 aromatic heterocycles. The monoisotopic (exact) mass is 314 g/mol. The van der Waals surface area contributed by atoms with Gasteiger partial charge in [-0.3, -0.25) is 4.79 Å². The summed E-state index contributed by atoms with van der Waals surface area (Å²) in [6.07, 6.45) is 3.71. The van der Waals surface area contributed by atoms with Gasteiger partial charge in [-0.25, -0.2) is 0 Å². The number of rotatable bonds is 4. The molecule has 1 amide bonds. The summed E-state index contributed by atoms with van der Waals surface area (Å²) in [4.78, 5) is 14.2. The van der Waals surface area contributed by atoms with Crippen molar-refractivity contribution < 1.29 is 9.52 Å². The molecule has 114 valence electrons. The summed E-state index contributed by atoms with van der Waals surface area (Å²) in [5, 5.41) is 12.3. The van der Waals surface area contributed by atoms with Crippen molar-refractivity contribution >= 4 is 17.7 Å². The maximum absolute atomic E-state index is 12.3. The van der Waals surface area contributed by atoms with Gasteiger partial charge in [-0.05, 0) is 36.6 Å². The van der Waals surface area contributed by atoms with Crippen molar-refractivity contribution in [3.8, 4) is 0 Å². The molecule has 0 saturated carbocycles. The summed E-state index contributed by atoms with van der Waals surface area (Å²) in [7, 11) is 0. The lowest BCUT2D eigenvalue weighted by atomic mass is 10.1. The molecule has 3 rings (SSSR count). The fraction of sp³-hybridized carbons (Fsp3) is 0.294. The maximum atomic E-state index is 12.3. The van der Waals surface area contributed by atoms with E-state index in [4.69, 9.17) is 0 Å². The molecule has 1 aromatic carbocycles. The Labute approximate surface area is 134 Å². The SMILES string of the molecule is O=C(c1ccc(CSc2cccc[n+]2[O-])cc1)N1CCCC1. The third-order valence-corrected chi connectivity index (χ3v) is 4.86. The molecule has 0 spiro atoms. The van der Waals surface area contributed by atoms with Crippen LogP contribution in [0.4, 0.5) is 0 Å². The van der Waals surface area contributed by atoms with Crippen LogP contribution in [0.3, 0.4) is 0 Å². The predicted octanol–water partition coefficient (Wildman–Crippen LogP) is 2.85. The minimum absolute atomic E-state index is 0.122. The number of hydrogen-bond acceptors (Lipinski definition) is 3. The molecule has 1 fully saturated rings. The van der Waals surface area contributed by atoms with Crippen molar-refractivity contribution in [3.63, 3.8) is 0 Å². The van der Waals surface area contributed by atoms with Crippen molar-refractivity contribution in [3.05, 3.63) is 65.0 Å². The Morgan fingerprint density at radius 1 is 1.14 bits per heavy atom. The molecule has 0 N–H and O–H groups in total. The lowest BCUT2D eigenvalue weighted by molar-refractivity contribution is -0.645. The zero-order chi connectivity index (χ0) is 15.4. The van der Waals surface area contributed by atoms with E-state index in [1.807, 2.05) is 41.3 Å². The Kier molecular flexibility index (Phi) is 4.63. The van der Waals surface area contributed by atoms with Gasteiger partial charge in [-0.1, -0.05) is 23.9 Å². The molecule has 0 bridgehead atoms. The molecule has 4 nitrogen and oxygen atoms in total. The second-order valence-electron chi connectivity index (χ2n) is 5.35. The van der Waals surface area contributed by atoms with Crippen LogP contribution in [0.2, 0.25) is 0 Å². The second-order valence-corrected chi connectivity index (χ2v) is 6.35. The van der Waals surface area contributed by atoms with Gasteiger partial charge in [0.25, 0.3) is 10.9 Å². The third-order valence-electron chi connectivity index (χ3n) is 3.77. The number of pyridine rings is 1. The van der Waals surface area contributed by atoms with E-state index in [1.165, 1.54) is 18.0 Å². The lowest BCUT2D eigenvalue weighted by Gasteiger charge is -2.15. The average molecular weight is 314 g/mol. The molecule has 0 unspecified atom stereocenters. The number of carbonyl (C=O) groups excluding carboxylic acids is 1. The minimum Gasteiger partial charge on any atom is -0.618 e. The molecular formula is C17H18N2O2S. The first kappa shape index (κ1) is 14.9. The van der Waals surface area contributed by atoms with Crippen LogP contribution in [0.15, 0.2) is 53.7 Å². The number of aromatic nitrogens is 1. The van der Waals surface area contributed by atoms with Crippen molar-refractivity contribution in [1.29, 1.82) is 0 Å². The largest absolute Gasteiger partial charge is 0.618 e. The Balaban J connectivity index is 1.62. The zero-order valence-electron chi connectivity index (χ0n) is 12.3.